The predicted molar refractivity (Wildman–Crippen MR) is 184 cm³/mol. The first-order valence-electron chi connectivity index (χ1n) is 16.1. The maximum atomic E-state index is 9.88. The van der Waals surface area contributed by atoms with Crippen molar-refractivity contribution in [1.82, 2.24) is 9.97 Å². The summed E-state index contributed by atoms with van der Waals surface area (Å²) in [7, 11) is 0. The van der Waals surface area contributed by atoms with Gasteiger partial charge in [-0.1, -0.05) is 110 Å². The van der Waals surface area contributed by atoms with Gasteiger partial charge in [0, 0.05) is 44.6 Å². The molecule has 2 aromatic carbocycles. The van der Waals surface area contributed by atoms with Crippen LogP contribution in [0.2, 0.25) is 0 Å². The number of halogens is 1. The number of nitriles is 1. The molecule has 4 heteroatoms. The molecule has 0 radical (unpaired) electrons. The van der Waals surface area contributed by atoms with Crippen molar-refractivity contribution < 1.29 is 0 Å². The first-order chi connectivity index (χ1) is 20.7. The van der Waals surface area contributed by atoms with E-state index >= 15 is 0 Å². The minimum absolute atomic E-state index is 0.453. The summed E-state index contributed by atoms with van der Waals surface area (Å²) in [6.07, 6.45) is 27.9. The summed E-state index contributed by atoms with van der Waals surface area (Å²) >= 11 is 3.53. The Kier molecular flexibility index (Phi) is 13.4. The lowest BCUT2D eigenvalue weighted by atomic mass is 9.89. The first-order valence-corrected chi connectivity index (χ1v) is 16.9. The third kappa shape index (κ3) is 9.43. The molecule has 0 amide bonds. The Bertz CT molecular complexity index is 1480. The van der Waals surface area contributed by atoms with Crippen LogP contribution < -0.4 is 0 Å². The van der Waals surface area contributed by atoms with Crippen LogP contribution in [0.5, 0.6) is 0 Å². The molecule has 3 nitrogen and oxygen atoms in total. The number of nitrogens with one attached hydrogen (secondary N) is 1. The van der Waals surface area contributed by atoms with Crippen molar-refractivity contribution in [3.8, 4) is 6.07 Å². The standard InChI is InChI=1S/C38H46BrN3/c1-2-3-4-5-6-7-8-9-10-11-13-19-31(38-34-22-17-16-18-30(34)25-26-41-38)20-14-12-15-21-32(28-40)36-29-42-37-27-33(39)23-24-35(36)37/h9-10,16-18,21-27,29,31,42H,2-8,11-15,19-20H2,1H3/b10-9-,32-21+. The van der Waals surface area contributed by atoms with Gasteiger partial charge in [-0.15, -0.1) is 0 Å². The zero-order valence-corrected chi connectivity index (χ0v) is 26.8. The summed E-state index contributed by atoms with van der Waals surface area (Å²) in [5.41, 5.74) is 4.04. The third-order valence-corrected chi connectivity index (χ3v) is 8.81. The second-order valence-electron chi connectivity index (χ2n) is 11.5. The van der Waals surface area contributed by atoms with Crippen LogP contribution in [0.4, 0.5) is 0 Å². The molecule has 0 aliphatic heterocycles. The minimum Gasteiger partial charge on any atom is -0.360 e. The fourth-order valence-electron chi connectivity index (χ4n) is 5.97. The van der Waals surface area contributed by atoms with E-state index < -0.39 is 0 Å². The summed E-state index contributed by atoms with van der Waals surface area (Å²) in [5, 5.41) is 13.5. The molecule has 0 saturated carbocycles. The molecule has 0 saturated heterocycles. The van der Waals surface area contributed by atoms with Gasteiger partial charge in [-0.05, 0) is 75.0 Å². The van der Waals surface area contributed by atoms with Gasteiger partial charge in [-0.2, -0.15) is 5.26 Å². The SMILES string of the molecule is CCCCCCCC/C=C\CCCC(CCCC/C=C(\C#N)c1c[nH]c2cc(Br)ccc12)c1nccc2ccccc12. The van der Waals surface area contributed by atoms with Gasteiger partial charge in [-0.3, -0.25) is 4.98 Å². The van der Waals surface area contributed by atoms with Crippen LogP contribution in [0.15, 0.2) is 83.6 Å². The van der Waals surface area contributed by atoms with E-state index in [4.69, 9.17) is 4.98 Å². The van der Waals surface area contributed by atoms with Crippen LogP contribution >= 0.6 is 15.9 Å². The minimum atomic E-state index is 0.453. The van der Waals surface area contributed by atoms with E-state index in [1.54, 1.807) is 0 Å². The molecule has 2 aromatic heterocycles. The Hall–Kier alpha value is -3.16. The number of fused-ring (bicyclic) bond motifs is 2. The van der Waals surface area contributed by atoms with Gasteiger partial charge in [0.2, 0.25) is 0 Å². The summed E-state index contributed by atoms with van der Waals surface area (Å²) in [4.78, 5) is 8.21. The molecular formula is C38H46BrN3. The second-order valence-corrected chi connectivity index (χ2v) is 12.4. The third-order valence-electron chi connectivity index (χ3n) is 8.32. The number of hydrogen-bond donors (Lipinski definition) is 1. The lowest BCUT2D eigenvalue weighted by Crippen LogP contribution is -2.03. The molecule has 220 valence electrons. The first kappa shape index (κ1) is 31.8. The Morgan fingerprint density at radius 2 is 1.64 bits per heavy atom. The molecule has 0 aliphatic rings. The largest absolute Gasteiger partial charge is 0.360 e. The number of nitrogens with zero attached hydrogens (tertiary/aromatic N) is 2. The zero-order chi connectivity index (χ0) is 29.4. The number of aromatic amines is 1. The van der Waals surface area contributed by atoms with Crippen LogP contribution in [0.1, 0.15) is 114 Å². The van der Waals surface area contributed by atoms with Crippen LogP contribution in [-0.4, -0.2) is 9.97 Å². The molecule has 4 aromatic rings. The molecule has 4 rings (SSSR count). The lowest BCUT2D eigenvalue weighted by molar-refractivity contribution is 0.518. The number of benzene rings is 2. The van der Waals surface area contributed by atoms with Gasteiger partial charge in [0.1, 0.15) is 0 Å². The highest BCUT2D eigenvalue weighted by Crippen LogP contribution is 2.32. The van der Waals surface area contributed by atoms with Crippen LogP contribution in [-0.2, 0) is 0 Å². The van der Waals surface area contributed by atoms with E-state index in [0.717, 1.165) is 65.0 Å². The number of hydrogen-bond acceptors (Lipinski definition) is 2. The van der Waals surface area contributed by atoms with Crippen molar-refractivity contribution in [1.29, 1.82) is 5.26 Å². The van der Waals surface area contributed by atoms with Crippen LogP contribution in [0.3, 0.4) is 0 Å². The Morgan fingerprint density at radius 3 is 2.50 bits per heavy atom. The number of unbranched alkanes of at least 4 members (excludes halogenated alkanes) is 9. The molecule has 0 aliphatic carbocycles. The van der Waals surface area contributed by atoms with Crippen LogP contribution in [0, 0.1) is 11.3 Å². The van der Waals surface area contributed by atoms with Gasteiger partial charge in [0.15, 0.2) is 0 Å². The molecule has 0 fully saturated rings. The predicted octanol–water partition coefficient (Wildman–Crippen LogP) is 12.2. The number of rotatable bonds is 18. The number of pyridine rings is 1. The smallest absolute Gasteiger partial charge is 0.0995 e. The molecule has 0 bridgehead atoms. The quantitative estimate of drug-likeness (QED) is 0.0680. The summed E-state index contributed by atoms with van der Waals surface area (Å²) in [6.45, 7) is 2.28. The second kappa shape index (κ2) is 17.7. The monoisotopic (exact) mass is 623 g/mol. The summed E-state index contributed by atoms with van der Waals surface area (Å²) in [5.74, 6) is 0.453. The van der Waals surface area contributed by atoms with Crippen molar-refractivity contribution >= 4 is 43.2 Å². The van der Waals surface area contributed by atoms with Crippen LogP contribution in [0.25, 0.3) is 27.2 Å². The van der Waals surface area contributed by atoms with E-state index in [-0.39, 0.29) is 0 Å². The molecule has 1 unspecified atom stereocenters. The molecule has 2 heterocycles. The average molecular weight is 625 g/mol. The highest BCUT2D eigenvalue weighted by molar-refractivity contribution is 9.10. The Balaban J connectivity index is 1.31. The maximum Gasteiger partial charge on any atom is 0.0995 e. The van der Waals surface area contributed by atoms with Gasteiger partial charge < -0.3 is 4.98 Å². The van der Waals surface area contributed by atoms with E-state index in [1.807, 2.05) is 18.5 Å². The average Bonchev–Trinajstić information content (AvgIpc) is 3.43. The van der Waals surface area contributed by atoms with Crippen molar-refractivity contribution in [3.63, 3.8) is 0 Å². The molecular weight excluding hydrogens is 578 g/mol. The molecule has 0 spiro atoms. The van der Waals surface area contributed by atoms with E-state index in [1.165, 1.54) is 67.8 Å². The lowest BCUT2D eigenvalue weighted by Gasteiger charge is -2.18. The zero-order valence-electron chi connectivity index (χ0n) is 25.3. The molecule has 1 atom stereocenters. The fourth-order valence-corrected chi connectivity index (χ4v) is 6.33. The van der Waals surface area contributed by atoms with Gasteiger partial charge in [-0.25, -0.2) is 0 Å². The molecule has 42 heavy (non-hydrogen) atoms. The van der Waals surface area contributed by atoms with Gasteiger partial charge in [0.05, 0.1) is 17.3 Å². The Morgan fingerprint density at radius 1 is 0.881 bits per heavy atom. The number of allylic oxidation sites excluding steroid dienone is 4. The van der Waals surface area contributed by atoms with Crippen molar-refractivity contribution in [2.75, 3.05) is 0 Å². The van der Waals surface area contributed by atoms with E-state index in [2.05, 4.69) is 94.6 Å². The highest BCUT2D eigenvalue weighted by atomic mass is 79.9. The highest BCUT2D eigenvalue weighted by Gasteiger charge is 2.16. The van der Waals surface area contributed by atoms with Crippen molar-refractivity contribution in [3.05, 3.63) is 94.9 Å². The molecule has 1 N–H and O–H groups in total. The fraction of sp³-hybridized carbons (Fsp3) is 0.421. The summed E-state index contributed by atoms with van der Waals surface area (Å²) in [6, 6.07) is 19.4. The summed E-state index contributed by atoms with van der Waals surface area (Å²) < 4.78 is 1.03. The number of aromatic nitrogens is 2. The van der Waals surface area contributed by atoms with E-state index in [0.29, 0.717) is 5.92 Å². The van der Waals surface area contributed by atoms with Gasteiger partial charge in [0.25, 0.3) is 0 Å². The van der Waals surface area contributed by atoms with Crippen molar-refractivity contribution in [2.24, 2.45) is 0 Å². The topological polar surface area (TPSA) is 52.5 Å². The number of H-pyrrole nitrogens is 1. The maximum absolute atomic E-state index is 9.88. The van der Waals surface area contributed by atoms with Crippen molar-refractivity contribution in [2.45, 2.75) is 103 Å². The van der Waals surface area contributed by atoms with E-state index in [9.17, 15) is 5.26 Å². The normalized spacial score (nSPS) is 12.8. The van der Waals surface area contributed by atoms with Gasteiger partial charge >= 0.3 is 0 Å². The Labute approximate surface area is 261 Å².